The van der Waals surface area contributed by atoms with E-state index in [1.165, 1.54) is 12.4 Å². The van der Waals surface area contributed by atoms with E-state index in [0.717, 1.165) is 10.2 Å². The summed E-state index contributed by atoms with van der Waals surface area (Å²) in [5.41, 5.74) is 1.52. The van der Waals surface area contributed by atoms with Gasteiger partial charge in [0, 0.05) is 16.3 Å². The standard InChI is InChI=1S/C19H16BrN3O3/c1-2-26-19(25)16-12-22-23(15-6-4-3-5-7-15)18(16)21-11-13-10-14(20)8-9-17(13)24/h3-12,24H,2H2,1H3/b21-11+. The molecule has 1 heterocycles. The zero-order valence-corrected chi connectivity index (χ0v) is 15.5. The van der Waals surface area contributed by atoms with E-state index >= 15 is 0 Å². The molecule has 132 valence electrons. The second-order valence-corrected chi connectivity index (χ2v) is 6.23. The monoisotopic (exact) mass is 413 g/mol. The van der Waals surface area contributed by atoms with Gasteiger partial charge in [0.15, 0.2) is 5.82 Å². The van der Waals surface area contributed by atoms with E-state index in [2.05, 4.69) is 26.0 Å². The molecule has 2 aromatic carbocycles. The molecule has 0 aliphatic rings. The maximum atomic E-state index is 12.2. The third kappa shape index (κ3) is 3.83. The van der Waals surface area contributed by atoms with Crippen molar-refractivity contribution in [2.24, 2.45) is 4.99 Å². The molecular formula is C19H16BrN3O3. The van der Waals surface area contributed by atoms with Gasteiger partial charge in [-0.3, -0.25) is 0 Å². The summed E-state index contributed by atoms with van der Waals surface area (Å²) < 4.78 is 7.45. The molecule has 0 radical (unpaired) electrons. The molecular weight excluding hydrogens is 398 g/mol. The summed E-state index contributed by atoms with van der Waals surface area (Å²) in [6, 6.07) is 14.4. The number of benzene rings is 2. The Morgan fingerprint density at radius 3 is 2.81 bits per heavy atom. The summed E-state index contributed by atoms with van der Waals surface area (Å²) in [6.45, 7) is 1.99. The van der Waals surface area contributed by atoms with Crippen LogP contribution in [0.25, 0.3) is 5.69 Å². The number of aromatic hydroxyl groups is 1. The van der Waals surface area contributed by atoms with Crippen LogP contribution < -0.4 is 0 Å². The molecule has 0 unspecified atom stereocenters. The molecule has 1 aromatic heterocycles. The van der Waals surface area contributed by atoms with Gasteiger partial charge in [-0.25, -0.2) is 14.5 Å². The topological polar surface area (TPSA) is 76.7 Å². The predicted molar refractivity (Wildman–Crippen MR) is 103 cm³/mol. The fourth-order valence-corrected chi connectivity index (χ4v) is 2.72. The van der Waals surface area contributed by atoms with Crippen molar-refractivity contribution in [3.05, 3.63) is 70.3 Å². The molecule has 7 heteroatoms. The molecule has 0 amide bonds. The number of halogens is 1. The van der Waals surface area contributed by atoms with Gasteiger partial charge < -0.3 is 9.84 Å². The van der Waals surface area contributed by atoms with Gasteiger partial charge in [0.2, 0.25) is 0 Å². The fraction of sp³-hybridized carbons (Fsp3) is 0.105. The van der Waals surface area contributed by atoms with Crippen LogP contribution in [0.4, 0.5) is 5.82 Å². The summed E-state index contributed by atoms with van der Waals surface area (Å²) >= 11 is 3.36. The van der Waals surface area contributed by atoms with E-state index < -0.39 is 5.97 Å². The number of carbonyl (C=O) groups excluding carboxylic acids is 1. The number of aromatic nitrogens is 2. The van der Waals surface area contributed by atoms with Crippen molar-refractivity contribution in [3.8, 4) is 11.4 Å². The molecule has 6 nitrogen and oxygen atoms in total. The van der Waals surface area contributed by atoms with Gasteiger partial charge in [-0.15, -0.1) is 0 Å². The Bertz CT molecular complexity index is 952. The summed E-state index contributed by atoms with van der Waals surface area (Å²) in [5, 5.41) is 14.3. The van der Waals surface area contributed by atoms with Gasteiger partial charge in [0.25, 0.3) is 0 Å². The molecule has 0 spiro atoms. The fourth-order valence-electron chi connectivity index (χ4n) is 2.34. The number of aliphatic imine (C=N–C) groups is 1. The van der Waals surface area contributed by atoms with Crippen molar-refractivity contribution >= 4 is 33.9 Å². The number of nitrogens with zero attached hydrogens (tertiary/aromatic N) is 3. The molecule has 3 aromatic rings. The Hall–Kier alpha value is -2.93. The summed E-state index contributed by atoms with van der Waals surface area (Å²) in [7, 11) is 0. The SMILES string of the molecule is CCOC(=O)c1cnn(-c2ccccc2)c1/N=C/c1cc(Br)ccc1O. The summed E-state index contributed by atoms with van der Waals surface area (Å²) in [4.78, 5) is 16.6. The lowest BCUT2D eigenvalue weighted by Crippen LogP contribution is -2.04. The predicted octanol–water partition coefficient (Wildman–Crippen LogP) is 4.27. The van der Waals surface area contributed by atoms with Crippen LogP contribution in [0.5, 0.6) is 5.75 Å². The number of phenols is 1. The molecule has 26 heavy (non-hydrogen) atoms. The molecule has 0 fully saturated rings. The first-order chi connectivity index (χ1) is 12.6. The Kier molecular flexibility index (Phi) is 5.48. The molecule has 1 N–H and O–H groups in total. The number of hydrogen-bond acceptors (Lipinski definition) is 5. The molecule has 0 saturated carbocycles. The molecule has 0 aliphatic heterocycles. The van der Waals surface area contributed by atoms with Crippen LogP contribution in [0.1, 0.15) is 22.8 Å². The van der Waals surface area contributed by atoms with Crippen LogP contribution in [-0.4, -0.2) is 33.7 Å². The average molecular weight is 414 g/mol. The molecule has 0 atom stereocenters. The van der Waals surface area contributed by atoms with Crippen molar-refractivity contribution in [3.63, 3.8) is 0 Å². The Balaban J connectivity index is 2.08. The third-order valence-corrected chi connectivity index (χ3v) is 4.05. The number of carbonyl (C=O) groups is 1. The maximum absolute atomic E-state index is 12.2. The first-order valence-corrected chi connectivity index (χ1v) is 8.72. The quantitative estimate of drug-likeness (QED) is 0.500. The number of rotatable bonds is 5. The first kappa shape index (κ1) is 17.9. The van der Waals surface area contributed by atoms with Crippen LogP contribution in [0.2, 0.25) is 0 Å². The highest BCUT2D eigenvalue weighted by Gasteiger charge is 2.19. The number of hydrogen-bond donors (Lipinski definition) is 1. The lowest BCUT2D eigenvalue weighted by atomic mass is 10.2. The first-order valence-electron chi connectivity index (χ1n) is 7.93. The van der Waals surface area contributed by atoms with Crippen molar-refractivity contribution in [1.82, 2.24) is 9.78 Å². The lowest BCUT2D eigenvalue weighted by molar-refractivity contribution is 0.0527. The number of esters is 1. The molecule has 3 rings (SSSR count). The van der Waals surface area contributed by atoms with Crippen LogP contribution in [0.15, 0.2) is 64.2 Å². The van der Waals surface area contributed by atoms with Crippen LogP contribution >= 0.6 is 15.9 Å². The molecule has 0 saturated heterocycles. The number of para-hydroxylation sites is 1. The minimum Gasteiger partial charge on any atom is -0.507 e. The smallest absolute Gasteiger partial charge is 0.343 e. The molecule has 0 aliphatic carbocycles. The van der Waals surface area contributed by atoms with E-state index in [9.17, 15) is 9.90 Å². The van der Waals surface area contributed by atoms with Gasteiger partial charge in [-0.1, -0.05) is 34.1 Å². The normalized spacial score (nSPS) is 11.0. The van der Waals surface area contributed by atoms with Gasteiger partial charge in [0.1, 0.15) is 11.3 Å². The van der Waals surface area contributed by atoms with Gasteiger partial charge >= 0.3 is 5.97 Å². The summed E-state index contributed by atoms with van der Waals surface area (Å²) in [6.07, 6.45) is 2.91. The maximum Gasteiger partial charge on any atom is 0.343 e. The average Bonchev–Trinajstić information content (AvgIpc) is 3.07. The van der Waals surface area contributed by atoms with E-state index in [-0.39, 0.29) is 17.9 Å². The molecule has 0 bridgehead atoms. The van der Waals surface area contributed by atoms with Crippen molar-refractivity contribution in [1.29, 1.82) is 0 Å². The highest BCUT2D eigenvalue weighted by Crippen LogP contribution is 2.26. The van der Waals surface area contributed by atoms with E-state index in [1.807, 2.05) is 30.3 Å². The zero-order chi connectivity index (χ0) is 18.5. The third-order valence-electron chi connectivity index (χ3n) is 3.56. The Morgan fingerprint density at radius 1 is 1.31 bits per heavy atom. The van der Waals surface area contributed by atoms with E-state index in [1.54, 1.807) is 29.8 Å². The Morgan fingerprint density at radius 2 is 2.08 bits per heavy atom. The second-order valence-electron chi connectivity index (χ2n) is 5.31. The van der Waals surface area contributed by atoms with Crippen LogP contribution in [-0.2, 0) is 4.74 Å². The largest absolute Gasteiger partial charge is 0.507 e. The van der Waals surface area contributed by atoms with Crippen LogP contribution in [0, 0.1) is 0 Å². The Labute approximate surface area is 158 Å². The second kappa shape index (κ2) is 7.97. The number of phenolic OH excluding ortho intramolecular Hbond substituents is 1. The minimum atomic E-state index is -0.500. The summed E-state index contributed by atoms with van der Waals surface area (Å²) in [5.74, 6) is -0.0882. The van der Waals surface area contributed by atoms with E-state index in [4.69, 9.17) is 4.74 Å². The van der Waals surface area contributed by atoms with Crippen molar-refractivity contribution < 1.29 is 14.6 Å². The minimum absolute atomic E-state index is 0.0837. The zero-order valence-electron chi connectivity index (χ0n) is 14.0. The van der Waals surface area contributed by atoms with Crippen molar-refractivity contribution in [2.75, 3.05) is 6.61 Å². The lowest BCUT2D eigenvalue weighted by Gasteiger charge is -2.06. The van der Waals surface area contributed by atoms with Gasteiger partial charge in [-0.05, 0) is 37.3 Å². The highest BCUT2D eigenvalue weighted by molar-refractivity contribution is 9.10. The van der Waals surface area contributed by atoms with Gasteiger partial charge in [-0.2, -0.15) is 5.10 Å². The van der Waals surface area contributed by atoms with Crippen LogP contribution in [0.3, 0.4) is 0 Å². The van der Waals surface area contributed by atoms with Crippen molar-refractivity contribution in [2.45, 2.75) is 6.92 Å². The number of ether oxygens (including phenoxy) is 1. The van der Waals surface area contributed by atoms with E-state index in [0.29, 0.717) is 11.4 Å². The van der Waals surface area contributed by atoms with Gasteiger partial charge in [0.05, 0.1) is 18.5 Å². The highest BCUT2D eigenvalue weighted by atomic mass is 79.9.